The van der Waals surface area contributed by atoms with E-state index in [0.29, 0.717) is 0 Å². The van der Waals surface area contributed by atoms with Crippen LogP contribution in [0.25, 0.3) is 10.9 Å². The summed E-state index contributed by atoms with van der Waals surface area (Å²) < 4.78 is 3.76. The second-order valence-corrected chi connectivity index (χ2v) is 5.95. The zero-order valence-electron chi connectivity index (χ0n) is 11.0. The Morgan fingerprint density at radius 3 is 3.00 bits per heavy atom. The maximum absolute atomic E-state index is 3.77. The summed E-state index contributed by atoms with van der Waals surface area (Å²) in [5.41, 5.74) is 5.81. The van der Waals surface area contributed by atoms with Crippen LogP contribution >= 0.6 is 15.9 Å². The number of nitrogens with zero attached hydrogens (tertiary/aromatic N) is 1. The molecule has 2 nitrogen and oxygen atoms in total. The van der Waals surface area contributed by atoms with Crippen LogP contribution in [-0.4, -0.2) is 18.2 Å². The summed E-state index contributed by atoms with van der Waals surface area (Å²) in [7, 11) is 2.01. The molecule has 3 rings (SSSR count). The summed E-state index contributed by atoms with van der Waals surface area (Å²) in [6, 6.07) is 4.76. The van der Waals surface area contributed by atoms with Gasteiger partial charge in [0.15, 0.2) is 0 Å². The van der Waals surface area contributed by atoms with Gasteiger partial charge in [0.1, 0.15) is 0 Å². The molecule has 2 heterocycles. The van der Waals surface area contributed by atoms with Gasteiger partial charge in [0, 0.05) is 22.1 Å². The van der Waals surface area contributed by atoms with Crippen molar-refractivity contribution >= 4 is 26.8 Å². The van der Waals surface area contributed by atoms with Gasteiger partial charge in [-0.15, -0.1) is 0 Å². The summed E-state index contributed by atoms with van der Waals surface area (Å²) in [6.07, 6.45) is 3.59. The monoisotopic (exact) mass is 306 g/mol. The molecule has 96 valence electrons. The zero-order chi connectivity index (χ0) is 12.7. The van der Waals surface area contributed by atoms with Gasteiger partial charge in [-0.25, -0.2) is 0 Å². The molecule has 0 saturated heterocycles. The molecule has 0 aliphatic carbocycles. The number of hydrogen-bond donors (Lipinski definition) is 1. The first-order chi connectivity index (χ1) is 8.72. The van der Waals surface area contributed by atoms with E-state index in [1.165, 1.54) is 45.0 Å². The number of likely N-dealkylation sites (N-methyl/N-ethyl adjacent to an activating group) is 1. The molecule has 1 aromatic heterocycles. The average Bonchev–Trinajstić information content (AvgIpc) is 2.64. The summed E-state index contributed by atoms with van der Waals surface area (Å²) in [6.45, 7) is 4.42. The van der Waals surface area contributed by atoms with Crippen LogP contribution in [0.2, 0.25) is 0 Å². The van der Waals surface area contributed by atoms with E-state index in [1.807, 2.05) is 7.05 Å². The fourth-order valence-corrected chi connectivity index (χ4v) is 3.56. The smallest absolute Gasteiger partial charge is 0.0526 e. The second-order valence-electron chi connectivity index (χ2n) is 5.16. The molecule has 3 heteroatoms. The topological polar surface area (TPSA) is 17.0 Å². The highest BCUT2D eigenvalue weighted by Gasteiger charge is 2.19. The van der Waals surface area contributed by atoms with Crippen molar-refractivity contribution < 1.29 is 0 Å². The van der Waals surface area contributed by atoms with Gasteiger partial charge < -0.3 is 9.88 Å². The molecule has 0 amide bonds. The molecule has 2 aromatic rings. The molecule has 18 heavy (non-hydrogen) atoms. The first-order valence-corrected chi connectivity index (χ1v) is 7.46. The second kappa shape index (κ2) is 4.71. The minimum absolute atomic E-state index is 1.04. The van der Waals surface area contributed by atoms with Gasteiger partial charge in [-0.3, -0.25) is 0 Å². The molecular formula is C15H19BrN2. The summed E-state index contributed by atoms with van der Waals surface area (Å²) in [5.74, 6) is 0. The van der Waals surface area contributed by atoms with E-state index < -0.39 is 0 Å². The Hall–Kier alpha value is -0.800. The van der Waals surface area contributed by atoms with Crippen molar-refractivity contribution in [1.29, 1.82) is 0 Å². The minimum Gasteiger partial charge on any atom is -0.343 e. The largest absolute Gasteiger partial charge is 0.343 e. The Morgan fingerprint density at radius 1 is 1.39 bits per heavy atom. The third-order valence-corrected chi connectivity index (χ3v) is 4.97. The van der Waals surface area contributed by atoms with Crippen LogP contribution in [0.1, 0.15) is 23.2 Å². The van der Waals surface area contributed by atoms with E-state index in [2.05, 4.69) is 44.9 Å². The van der Waals surface area contributed by atoms with Crippen molar-refractivity contribution in [2.24, 2.45) is 0 Å². The number of nitrogens with one attached hydrogen (secondary N) is 1. The predicted molar refractivity (Wildman–Crippen MR) is 80.3 cm³/mol. The fraction of sp³-hybridized carbons (Fsp3) is 0.467. The highest BCUT2D eigenvalue weighted by Crippen LogP contribution is 2.36. The first-order valence-electron chi connectivity index (χ1n) is 6.67. The summed E-state index contributed by atoms with van der Waals surface area (Å²) in [4.78, 5) is 0. The van der Waals surface area contributed by atoms with Gasteiger partial charge in [0.05, 0.1) is 5.52 Å². The molecular weight excluding hydrogens is 288 g/mol. The third kappa shape index (κ3) is 1.81. The maximum atomic E-state index is 3.77. The van der Waals surface area contributed by atoms with Crippen LogP contribution in [0.3, 0.4) is 0 Å². The molecule has 1 N–H and O–H groups in total. The van der Waals surface area contributed by atoms with Crippen LogP contribution in [0.5, 0.6) is 0 Å². The van der Waals surface area contributed by atoms with E-state index in [-0.39, 0.29) is 0 Å². The van der Waals surface area contributed by atoms with Crippen molar-refractivity contribution in [2.45, 2.75) is 32.7 Å². The van der Waals surface area contributed by atoms with E-state index in [0.717, 1.165) is 19.5 Å². The van der Waals surface area contributed by atoms with Gasteiger partial charge in [0.2, 0.25) is 0 Å². The van der Waals surface area contributed by atoms with E-state index in [9.17, 15) is 0 Å². The Balaban J connectivity index is 2.20. The number of hydrogen-bond acceptors (Lipinski definition) is 1. The van der Waals surface area contributed by atoms with Gasteiger partial charge in [0.25, 0.3) is 0 Å². The fourth-order valence-electron chi connectivity index (χ4n) is 3.04. The lowest BCUT2D eigenvalue weighted by molar-refractivity contribution is 0.622. The van der Waals surface area contributed by atoms with Gasteiger partial charge in [-0.05, 0) is 72.9 Å². The molecule has 0 unspecified atom stereocenters. The zero-order valence-corrected chi connectivity index (χ0v) is 12.6. The van der Waals surface area contributed by atoms with Crippen LogP contribution in [0.4, 0.5) is 0 Å². The lowest BCUT2D eigenvalue weighted by atomic mass is 9.99. The van der Waals surface area contributed by atoms with Crippen molar-refractivity contribution in [3.8, 4) is 0 Å². The molecule has 0 spiro atoms. The average molecular weight is 307 g/mol. The third-order valence-electron chi connectivity index (χ3n) is 3.97. The lowest BCUT2D eigenvalue weighted by Gasteiger charge is -2.18. The SMILES string of the molecule is CNCCc1cc2c3c(c1)c(Br)c(C)n3CCC2. The van der Waals surface area contributed by atoms with Gasteiger partial charge in [-0.2, -0.15) is 0 Å². The van der Waals surface area contributed by atoms with Crippen molar-refractivity contribution in [1.82, 2.24) is 9.88 Å². The maximum Gasteiger partial charge on any atom is 0.0526 e. The number of aryl methyl sites for hydroxylation is 2. The molecule has 0 radical (unpaired) electrons. The Bertz CT molecular complexity index is 598. The molecule has 0 bridgehead atoms. The summed E-state index contributed by atoms with van der Waals surface area (Å²) >= 11 is 3.77. The minimum atomic E-state index is 1.04. The molecule has 1 aromatic carbocycles. The standard InChI is InChI=1S/C15H19BrN2/c1-10-14(16)13-9-11(5-6-17-2)8-12-4-3-7-18(10)15(12)13/h8-9,17H,3-7H2,1-2H3. The number of halogens is 1. The highest BCUT2D eigenvalue weighted by atomic mass is 79.9. The Labute approximate surface area is 116 Å². The lowest BCUT2D eigenvalue weighted by Crippen LogP contribution is -2.12. The van der Waals surface area contributed by atoms with Crippen molar-refractivity contribution in [2.75, 3.05) is 13.6 Å². The molecule has 1 aliphatic rings. The van der Waals surface area contributed by atoms with Crippen LogP contribution in [-0.2, 0) is 19.4 Å². The predicted octanol–water partition coefficient (Wildman–Crippen LogP) is 3.42. The van der Waals surface area contributed by atoms with Gasteiger partial charge >= 0.3 is 0 Å². The van der Waals surface area contributed by atoms with Crippen molar-refractivity contribution in [3.63, 3.8) is 0 Å². The Morgan fingerprint density at radius 2 is 2.22 bits per heavy atom. The van der Waals surface area contributed by atoms with E-state index >= 15 is 0 Å². The quantitative estimate of drug-likeness (QED) is 0.919. The Kier molecular flexibility index (Phi) is 3.20. The van der Waals surface area contributed by atoms with Crippen LogP contribution in [0, 0.1) is 6.92 Å². The number of aromatic nitrogens is 1. The molecule has 0 atom stereocenters. The van der Waals surface area contributed by atoms with Crippen LogP contribution in [0.15, 0.2) is 16.6 Å². The van der Waals surface area contributed by atoms with E-state index in [4.69, 9.17) is 0 Å². The highest BCUT2D eigenvalue weighted by molar-refractivity contribution is 9.10. The number of benzene rings is 1. The normalized spacial score (nSPS) is 14.4. The molecule has 0 fully saturated rings. The van der Waals surface area contributed by atoms with Crippen molar-refractivity contribution in [3.05, 3.63) is 33.4 Å². The van der Waals surface area contributed by atoms with Crippen LogP contribution < -0.4 is 5.32 Å². The first kappa shape index (κ1) is 12.2. The number of rotatable bonds is 3. The summed E-state index contributed by atoms with van der Waals surface area (Å²) in [5, 5.41) is 4.63. The molecule has 0 saturated carbocycles. The van der Waals surface area contributed by atoms with Gasteiger partial charge in [-0.1, -0.05) is 6.07 Å². The van der Waals surface area contributed by atoms with E-state index in [1.54, 1.807) is 0 Å². The molecule has 1 aliphatic heterocycles.